The SMILES string of the molecule is CC1(C)OB(C(=Cc2ccc3[nH]c(=O)oc(=O)c3c2)CNC(=O)OCC2c3ccccc3-c3ccccc32)OC1(C)C. The molecule has 1 amide bonds. The highest BCUT2D eigenvalue weighted by molar-refractivity contribution is 6.56. The van der Waals surface area contributed by atoms with Gasteiger partial charge in [0.05, 0.1) is 22.1 Å². The van der Waals surface area contributed by atoms with Gasteiger partial charge in [0, 0.05) is 12.5 Å². The molecule has 2 N–H and O–H groups in total. The molecule has 214 valence electrons. The van der Waals surface area contributed by atoms with Crippen LogP contribution in [0.25, 0.3) is 28.1 Å². The highest BCUT2D eigenvalue weighted by atomic mass is 16.7. The van der Waals surface area contributed by atoms with Gasteiger partial charge in [-0.2, -0.15) is 0 Å². The number of alkyl carbamates (subject to hydrolysis) is 1. The van der Waals surface area contributed by atoms with Gasteiger partial charge in [0.15, 0.2) is 0 Å². The summed E-state index contributed by atoms with van der Waals surface area (Å²) in [5.74, 6) is -0.877. The van der Waals surface area contributed by atoms with E-state index in [1.165, 1.54) is 0 Å². The summed E-state index contributed by atoms with van der Waals surface area (Å²) in [6, 6.07) is 21.3. The Bertz CT molecular complexity index is 1780. The van der Waals surface area contributed by atoms with E-state index in [1.54, 1.807) is 24.3 Å². The van der Waals surface area contributed by atoms with Crippen LogP contribution in [0, 0.1) is 0 Å². The second-order valence-corrected chi connectivity index (χ2v) is 11.6. The largest absolute Gasteiger partial charge is 0.492 e. The quantitative estimate of drug-likeness (QED) is 0.314. The molecule has 9 nitrogen and oxygen atoms in total. The van der Waals surface area contributed by atoms with Crippen LogP contribution in [0.4, 0.5) is 4.79 Å². The topological polar surface area (TPSA) is 120 Å². The average molecular weight is 566 g/mol. The lowest BCUT2D eigenvalue weighted by atomic mass is 9.77. The number of H-pyrrole nitrogens is 1. The molecule has 42 heavy (non-hydrogen) atoms. The van der Waals surface area contributed by atoms with Crippen molar-refractivity contribution in [3.63, 3.8) is 0 Å². The Morgan fingerprint density at radius 1 is 0.952 bits per heavy atom. The first-order valence-electron chi connectivity index (χ1n) is 13.8. The Morgan fingerprint density at radius 2 is 1.57 bits per heavy atom. The third-order valence-electron chi connectivity index (χ3n) is 8.37. The molecular weight excluding hydrogens is 535 g/mol. The number of benzene rings is 3. The van der Waals surface area contributed by atoms with E-state index in [4.69, 9.17) is 14.0 Å². The van der Waals surface area contributed by atoms with E-state index in [0.717, 1.165) is 22.3 Å². The molecule has 3 aromatic carbocycles. The molecule has 4 aromatic rings. The maximum atomic E-state index is 13.0. The fourth-order valence-corrected chi connectivity index (χ4v) is 5.44. The third-order valence-corrected chi connectivity index (χ3v) is 8.37. The summed E-state index contributed by atoms with van der Waals surface area (Å²) in [6.45, 7) is 8.05. The van der Waals surface area contributed by atoms with Crippen molar-refractivity contribution in [2.45, 2.75) is 44.8 Å². The zero-order valence-corrected chi connectivity index (χ0v) is 23.9. The van der Waals surface area contributed by atoms with Crippen LogP contribution < -0.4 is 16.7 Å². The molecule has 10 heteroatoms. The highest BCUT2D eigenvalue weighted by Gasteiger charge is 2.52. The molecule has 2 heterocycles. The Balaban J connectivity index is 1.22. The number of aromatic amines is 1. The van der Waals surface area contributed by atoms with Crippen molar-refractivity contribution in [3.05, 3.63) is 110 Å². The Labute approximate surface area is 242 Å². The minimum atomic E-state index is -0.819. The first kappa shape index (κ1) is 27.7. The van der Waals surface area contributed by atoms with Gasteiger partial charge < -0.3 is 23.8 Å². The number of hydrogen-bond donors (Lipinski definition) is 2. The van der Waals surface area contributed by atoms with Gasteiger partial charge in [-0.3, -0.25) is 4.98 Å². The molecule has 0 saturated carbocycles. The maximum Gasteiger partial charge on any atom is 0.492 e. The van der Waals surface area contributed by atoms with E-state index < -0.39 is 35.8 Å². The zero-order chi connectivity index (χ0) is 29.6. The molecule has 6 rings (SSSR count). The molecule has 0 unspecified atom stereocenters. The summed E-state index contributed by atoms with van der Waals surface area (Å²) in [5.41, 5.74) is 4.24. The predicted molar refractivity (Wildman–Crippen MR) is 160 cm³/mol. The van der Waals surface area contributed by atoms with E-state index in [1.807, 2.05) is 52.0 Å². The maximum absolute atomic E-state index is 13.0. The molecule has 0 atom stereocenters. The van der Waals surface area contributed by atoms with Crippen molar-refractivity contribution in [1.29, 1.82) is 0 Å². The third kappa shape index (κ3) is 5.08. The number of carbonyl (C=O) groups is 1. The number of rotatable bonds is 6. The normalized spacial score (nSPS) is 17.2. The summed E-state index contributed by atoms with van der Waals surface area (Å²) in [6.07, 6.45) is 1.21. The number of amides is 1. The van der Waals surface area contributed by atoms with Gasteiger partial charge in [-0.05, 0) is 73.1 Å². The van der Waals surface area contributed by atoms with Crippen molar-refractivity contribution in [2.24, 2.45) is 0 Å². The molecule has 1 fully saturated rings. The lowest BCUT2D eigenvalue weighted by molar-refractivity contribution is 0.00578. The van der Waals surface area contributed by atoms with Gasteiger partial charge >= 0.3 is 24.6 Å². The zero-order valence-electron chi connectivity index (χ0n) is 23.9. The Kier molecular flexibility index (Phi) is 6.91. The van der Waals surface area contributed by atoms with Crippen molar-refractivity contribution in [3.8, 4) is 11.1 Å². The minimum Gasteiger partial charge on any atom is -0.449 e. The average Bonchev–Trinajstić information content (AvgIpc) is 3.38. The molecular formula is C32H31BN2O7. The molecule has 1 aromatic heterocycles. The standard InChI is InChI=1S/C32H31BN2O7/c1-31(2)32(3,4)42-33(41-31)20(15-19-13-14-27-25(16-19)28(36)40-30(38)35-27)17-34-29(37)39-18-26-23-11-7-5-9-21(23)22-10-6-8-12-24(22)26/h5-16,26H,17-18H2,1-4H3,(H,34,37)(H,35,38). The second kappa shape index (κ2) is 10.5. The monoisotopic (exact) mass is 566 g/mol. The number of nitrogens with one attached hydrogen (secondary N) is 2. The van der Waals surface area contributed by atoms with Crippen LogP contribution in [0.3, 0.4) is 0 Å². The first-order chi connectivity index (χ1) is 20.0. The van der Waals surface area contributed by atoms with Crippen molar-refractivity contribution >= 4 is 30.2 Å². The van der Waals surface area contributed by atoms with Crippen LogP contribution >= 0.6 is 0 Å². The Morgan fingerprint density at radius 3 is 2.21 bits per heavy atom. The number of fused-ring (bicyclic) bond motifs is 4. The molecule has 2 aliphatic rings. The van der Waals surface area contributed by atoms with E-state index in [2.05, 4.69) is 39.0 Å². The molecule has 0 bridgehead atoms. The van der Waals surface area contributed by atoms with E-state index in [0.29, 0.717) is 16.6 Å². The number of aromatic nitrogens is 1. The molecule has 1 aliphatic carbocycles. The molecule has 1 aliphatic heterocycles. The van der Waals surface area contributed by atoms with Crippen molar-refractivity contribution in [2.75, 3.05) is 13.2 Å². The summed E-state index contributed by atoms with van der Waals surface area (Å²) in [4.78, 5) is 39.3. The summed E-state index contributed by atoms with van der Waals surface area (Å²) in [5, 5.41) is 3.07. The van der Waals surface area contributed by atoms with E-state index >= 15 is 0 Å². The smallest absolute Gasteiger partial charge is 0.449 e. The number of ether oxygens (including phenoxy) is 1. The predicted octanol–water partition coefficient (Wildman–Crippen LogP) is 5.03. The molecule has 0 radical (unpaired) electrons. The highest BCUT2D eigenvalue weighted by Crippen LogP contribution is 2.44. The van der Waals surface area contributed by atoms with Crippen molar-refractivity contribution < 1.29 is 23.3 Å². The van der Waals surface area contributed by atoms with Crippen LogP contribution in [-0.4, -0.2) is 42.5 Å². The second-order valence-electron chi connectivity index (χ2n) is 11.6. The van der Waals surface area contributed by atoms with E-state index in [-0.39, 0.29) is 24.5 Å². The van der Waals surface area contributed by atoms with Gasteiger partial charge in [0.2, 0.25) is 0 Å². The minimum absolute atomic E-state index is 0.0583. The van der Waals surface area contributed by atoms with Crippen molar-refractivity contribution in [1.82, 2.24) is 10.3 Å². The molecule has 1 saturated heterocycles. The van der Waals surface area contributed by atoms with Gasteiger partial charge in [0.1, 0.15) is 6.61 Å². The van der Waals surface area contributed by atoms with Gasteiger partial charge in [-0.25, -0.2) is 14.4 Å². The fourth-order valence-electron chi connectivity index (χ4n) is 5.44. The van der Waals surface area contributed by atoms with E-state index in [9.17, 15) is 14.4 Å². The number of hydrogen-bond acceptors (Lipinski definition) is 7. The summed E-state index contributed by atoms with van der Waals surface area (Å²) < 4.78 is 22.9. The lowest BCUT2D eigenvalue weighted by Gasteiger charge is -2.32. The van der Waals surface area contributed by atoms with Crippen LogP contribution in [0.2, 0.25) is 0 Å². The molecule has 0 spiro atoms. The van der Waals surface area contributed by atoms with Gasteiger partial charge in [-0.15, -0.1) is 0 Å². The summed E-state index contributed by atoms with van der Waals surface area (Å²) in [7, 11) is -0.758. The first-order valence-corrected chi connectivity index (χ1v) is 13.8. The van der Waals surface area contributed by atoms with Crippen LogP contribution in [0.1, 0.15) is 50.3 Å². The van der Waals surface area contributed by atoms with Crippen LogP contribution in [0.5, 0.6) is 0 Å². The van der Waals surface area contributed by atoms with Gasteiger partial charge in [0.25, 0.3) is 0 Å². The Hall–Kier alpha value is -4.41. The van der Waals surface area contributed by atoms with Crippen LogP contribution in [-0.2, 0) is 14.0 Å². The fraction of sp³-hybridized carbons (Fsp3) is 0.281. The summed E-state index contributed by atoms with van der Waals surface area (Å²) >= 11 is 0. The van der Waals surface area contributed by atoms with Crippen LogP contribution in [0.15, 0.2) is 86.2 Å². The number of carbonyl (C=O) groups excluding carboxylic acids is 1. The van der Waals surface area contributed by atoms with Gasteiger partial charge in [-0.1, -0.05) is 60.7 Å². The lowest BCUT2D eigenvalue weighted by Crippen LogP contribution is -2.41.